The van der Waals surface area contributed by atoms with Gasteiger partial charge in [-0.25, -0.2) is 0 Å². The van der Waals surface area contributed by atoms with E-state index >= 15 is 0 Å². The molecule has 0 aliphatic heterocycles. The van der Waals surface area contributed by atoms with E-state index in [4.69, 9.17) is 10.8 Å². The summed E-state index contributed by atoms with van der Waals surface area (Å²) in [5.41, 5.74) is 5.56. The van der Waals surface area contributed by atoms with Gasteiger partial charge >= 0.3 is 0 Å². The van der Waals surface area contributed by atoms with E-state index in [9.17, 15) is 0 Å². The predicted molar refractivity (Wildman–Crippen MR) is 76.0 cm³/mol. The van der Waals surface area contributed by atoms with Crippen LogP contribution in [0.1, 0.15) is 71.1 Å². The van der Waals surface area contributed by atoms with Crippen molar-refractivity contribution in [3.05, 3.63) is 12.2 Å². The van der Waals surface area contributed by atoms with E-state index in [2.05, 4.69) is 13.0 Å². The van der Waals surface area contributed by atoms with Crippen molar-refractivity contribution in [2.24, 2.45) is 5.73 Å². The monoisotopic (exact) mass is 241 g/mol. The quantitative estimate of drug-likeness (QED) is 0.403. The van der Waals surface area contributed by atoms with Crippen LogP contribution in [0.15, 0.2) is 12.2 Å². The molecule has 1 atom stereocenters. The zero-order valence-electron chi connectivity index (χ0n) is 11.5. The average molecular weight is 241 g/mol. The number of allylic oxidation sites excluding steroid dienone is 1. The lowest BCUT2D eigenvalue weighted by Gasteiger charge is -2.01. The molecule has 0 aromatic carbocycles. The van der Waals surface area contributed by atoms with Crippen LogP contribution in [0.2, 0.25) is 0 Å². The van der Waals surface area contributed by atoms with Crippen LogP contribution in [0.4, 0.5) is 0 Å². The summed E-state index contributed by atoms with van der Waals surface area (Å²) in [5.74, 6) is 0. The van der Waals surface area contributed by atoms with Crippen molar-refractivity contribution < 1.29 is 5.11 Å². The van der Waals surface area contributed by atoms with Gasteiger partial charge in [0.1, 0.15) is 0 Å². The van der Waals surface area contributed by atoms with Gasteiger partial charge in [-0.1, -0.05) is 70.4 Å². The first kappa shape index (κ1) is 16.7. The molecule has 0 aliphatic carbocycles. The lowest BCUT2D eigenvalue weighted by molar-refractivity contribution is 0.284. The fraction of sp³-hybridized carbons (Fsp3) is 0.867. The summed E-state index contributed by atoms with van der Waals surface area (Å²) in [6.07, 6.45) is 17.4. The van der Waals surface area contributed by atoms with Crippen molar-refractivity contribution in [2.45, 2.75) is 77.2 Å². The molecular weight excluding hydrogens is 210 g/mol. The largest absolute Gasteiger partial charge is 0.394 e. The van der Waals surface area contributed by atoms with Crippen molar-refractivity contribution in [2.75, 3.05) is 6.61 Å². The molecule has 0 bridgehead atoms. The van der Waals surface area contributed by atoms with Gasteiger partial charge in [0.25, 0.3) is 0 Å². The van der Waals surface area contributed by atoms with Gasteiger partial charge in [-0.05, 0) is 12.8 Å². The molecule has 1 unspecified atom stereocenters. The molecule has 3 N–H and O–H groups in total. The third kappa shape index (κ3) is 13.6. The van der Waals surface area contributed by atoms with Crippen LogP contribution in [0.5, 0.6) is 0 Å². The molecular formula is C15H31NO. The minimum atomic E-state index is -0.173. The fourth-order valence-corrected chi connectivity index (χ4v) is 1.90. The summed E-state index contributed by atoms with van der Waals surface area (Å²) in [5, 5.41) is 8.72. The van der Waals surface area contributed by atoms with Crippen molar-refractivity contribution >= 4 is 0 Å². The molecule has 0 rings (SSSR count). The molecule has 0 radical (unpaired) electrons. The van der Waals surface area contributed by atoms with Crippen molar-refractivity contribution in [3.63, 3.8) is 0 Å². The second kappa shape index (κ2) is 13.7. The molecule has 0 aromatic heterocycles. The third-order valence-electron chi connectivity index (χ3n) is 3.07. The molecule has 102 valence electrons. The van der Waals surface area contributed by atoms with Crippen LogP contribution in [-0.4, -0.2) is 17.8 Å². The Hall–Kier alpha value is -0.340. The molecule has 0 heterocycles. The Balaban J connectivity index is 3.06. The zero-order valence-corrected chi connectivity index (χ0v) is 11.5. The number of aliphatic hydroxyl groups excluding tert-OH is 1. The molecule has 0 spiro atoms. The molecule has 0 fully saturated rings. The Morgan fingerprint density at radius 3 is 2.00 bits per heavy atom. The first-order valence-corrected chi connectivity index (χ1v) is 7.34. The van der Waals surface area contributed by atoms with Gasteiger partial charge in [0, 0.05) is 6.04 Å². The second-order valence-electron chi connectivity index (χ2n) is 4.89. The minimum Gasteiger partial charge on any atom is -0.394 e. The van der Waals surface area contributed by atoms with Crippen LogP contribution in [0, 0.1) is 0 Å². The minimum absolute atomic E-state index is 0.0499. The topological polar surface area (TPSA) is 46.2 Å². The van der Waals surface area contributed by atoms with Gasteiger partial charge in [0.05, 0.1) is 6.61 Å². The van der Waals surface area contributed by atoms with Crippen LogP contribution in [0.25, 0.3) is 0 Å². The molecule has 0 saturated heterocycles. The summed E-state index contributed by atoms with van der Waals surface area (Å²) in [6.45, 7) is 2.31. The summed E-state index contributed by atoms with van der Waals surface area (Å²) in [4.78, 5) is 0. The van der Waals surface area contributed by atoms with E-state index in [0.717, 1.165) is 6.42 Å². The van der Waals surface area contributed by atoms with Crippen LogP contribution in [-0.2, 0) is 0 Å². The van der Waals surface area contributed by atoms with Gasteiger partial charge in [-0.3, -0.25) is 0 Å². The molecule has 0 aliphatic rings. The van der Waals surface area contributed by atoms with Gasteiger partial charge in [0.2, 0.25) is 0 Å². The van der Waals surface area contributed by atoms with Crippen molar-refractivity contribution in [3.8, 4) is 0 Å². The smallest absolute Gasteiger partial charge is 0.0618 e. The number of aliphatic hydroxyl groups is 1. The van der Waals surface area contributed by atoms with Crippen molar-refractivity contribution in [1.82, 2.24) is 0 Å². The van der Waals surface area contributed by atoms with Crippen LogP contribution < -0.4 is 5.73 Å². The lowest BCUT2D eigenvalue weighted by Crippen LogP contribution is -2.20. The highest BCUT2D eigenvalue weighted by molar-refractivity contribution is 4.90. The van der Waals surface area contributed by atoms with Gasteiger partial charge in [0.15, 0.2) is 0 Å². The highest BCUT2D eigenvalue weighted by atomic mass is 16.3. The standard InChI is InChI=1S/C15H31NO/c1-2-3-4-5-6-7-8-9-10-11-12-13-15(16)14-17/h12-13,15,17H,2-11,14,16H2,1H3/b13-12+. The van der Waals surface area contributed by atoms with Crippen LogP contribution >= 0.6 is 0 Å². The molecule has 0 aromatic rings. The number of hydrogen-bond acceptors (Lipinski definition) is 2. The molecule has 0 saturated carbocycles. The molecule has 2 nitrogen and oxygen atoms in total. The maximum Gasteiger partial charge on any atom is 0.0618 e. The van der Waals surface area contributed by atoms with Gasteiger partial charge in [-0.2, -0.15) is 0 Å². The zero-order chi connectivity index (χ0) is 12.8. The molecule has 17 heavy (non-hydrogen) atoms. The number of nitrogens with two attached hydrogens (primary N) is 1. The van der Waals surface area contributed by atoms with Gasteiger partial charge < -0.3 is 10.8 Å². The Morgan fingerprint density at radius 2 is 1.47 bits per heavy atom. The Morgan fingerprint density at radius 1 is 0.941 bits per heavy atom. The first-order valence-electron chi connectivity index (χ1n) is 7.34. The second-order valence-corrected chi connectivity index (χ2v) is 4.89. The SMILES string of the molecule is CCCCCCCCCCC/C=C/C(N)CO. The number of unbranched alkanes of at least 4 members (excludes halogenated alkanes) is 9. The third-order valence-corrected chi connectivity index (χ3v) is 3.07. The normalized spacial score (nSPS) is 13.4. The van der Waals surface area contributed by atoms with E-state index in [1.165, 1.54) is 57.8 Å². The van der Waals surface area contributed by atoms with E-state index in [1.807, 2.05) is 6.08 Å². The summed E-state index contributed by atoms with van der Waals surface area (Å²) in [6, 6.07) is -0.173. The van der Waals surface area contributed by atoms with E-state index in [1.54, 1.807) is 0 Å². The molecule has 2 heteroatoms. The highest BCUT2D eigenvalue weighted by Gasteiger charge is 1.93. The van der Waals surface area contributed by atoms with Crippen molar-refractivity contribution in [1.29, 1.82) is 0 Å². The Bertz CT molecular complexity index is 168. The maximum absolute atomic E-state index is 8.72. The average Bonchev–Trinajstić information content (AvgIpc) is 2.35. The van der Waals surface area contributed by atoms with E-state index in [-0.39, 0.29) is 12.6 Å². The molecule has 0 amide bonds. The van der Waals surface area contributed by atoms with E-state index in [0.29, 0.717) is 0 Å². The summed E-state index contributed by atoms with van der Waals surface area (Å²) >= 11 is 0. The Kier molecular flexibility index (Phi) is 13.4. The number of rotatable bonds is 12. The predicted octanol–water partition coefficient (Wildman–Crippen LogP) is 3.78. The first-order chi connectivity index (χ1) is 8.31. The maximum atomic E-state index is 8.72. The van der Waals surface area contributed by atoms with Gasteiger partial charge in [-0.15, -0.1) is 0 Å². The fourth-order valence-electron chi connectivity index (χ4n) is 1.90. The highest BCUT2D eigenvalue weighted by Crippen LogP contribution is 2.10. The summed E-state index contributed by atoms with van der Waals surface area (Å²) < 4.78 is 0. The number of hydrogen-bond donors (Lipinski definition) is 2. The Labute approximate surface area is 107 Å². The van der Waals surface area contributed by atoms with Crippen LogP contribution in [0.3, 0.4) is 0 Å². The lowest BCUT2D eigenvalue weighted by atomic mass is 10.1. The summed E-state index contributed by atoms with van der Waals surface area (Å²) in [7, 11) is 0. The van der Waals surface area contributed by atoms with E-state index < -0.39 is 0 Å².